The Kier molecular flexibility index (Phi) is 4.94. The number of benzene rings is 3. The molecule has 0 fully saturated rings. The summed E-state index contributed by atoms with van der Waals surface area (Å²) in [5.74, 6) is -0.249. The Hall–Kier alpha value is -4.39. The van der Waals surface area contributed by atoms with Gasteiger partial charge in [0.05, 0.1) is 12.7 Å². The lowest BCUT2D eigenvalue weighted by molar-refractivity contribution is 0.0703. The summed E-state index contributed by atoms with van der Waals surface area (Å²) in [6, 6.07) is 15.7. The van der Waals surface area contributed by atoms with Crippen LogP contribution in [0.3, 0.4) is 0 Å². The van der Waals surface area contributed by atoms with Gasteiger partial charge in [-0.15, -0.1) is 0 Å². The van der Waals surface area contributed by atoms with E-state index in [4.69, 9.17) is 18.6 Å². The van der Waals surface area contributed by atoms with Crippen LogP contribution in [-0.2, 0) is 0 Å². The molecule has 0 spiro atoms. The largest absolute Gasteiger partial charge is 0.493 e. The number of esters is 1. The minimum atomic E-state index is -0.695. The van der Waals surface area contributed by atoms with E-state index in [1.165, 1.54) is 31.4 Å². The fourth-order valence-electron chi connectivity index (χ4n) is 3.70. The van der Waals surface area contributed by atoms with Gasteiger partial charge in [0.25, 0.3) is 0 Å². The van der Waals surface area contributed by atoms with E-state index in [0.717, 1.165) is 0 Å². The molecule has 0 aliphatic carbocycles. The SMILES string of the molecule is COc1cccc2cc(C(=O)Oc3cc(C)c4c(c3)O/C(=C\c3ccc(F)cc3)C4=O)oc12. The molecule has 3 aromatic carbocycles. The highest BCUT2D eigenvalue weighted by Crippen LogP contribution is 2.38. The van der Waals surface area contributed by atoms with Gasteiger partial charge in [0, 0.05) is 11.5 Å². The summed E-state index contributed by atoms with van der Waals surface area (Å²) in [7, 11) is 1.52. The highest BCUT2D eigenvalue weighted by molar-refractivity contribution is 6.15. The maximum atomic E-state index is 13.1. The van der Waals surface area contributed by atoms with Gasteiger partial charge in [0.1, 0.15) is 17.3 Å². The van der Waals surface area contributed by atoms with E-state index in [9.17, 15) is 14.0 Å². The Labute approximate surface area is 187 Å². The first-order chi connectivity index (χ1) is 15.9. The average Bonchev–Trinajstić information content (AvgIpc) is 3.37. The number of rotatable bonds is 4. The molecule has 4 aromatic rings. The zero-order valence-corrected chi connectivity index (χ0v) is 17.7. The number of Topliss-reactive ketones (excluding diaryl/α,β-unsaturated/α-hetero) is 1. The van der Waals surface area contributed by atoms with Crippen molar-refractivity contribution in [3.63, 3.8) is 0 Å². The van der Waals surface area contributed by atoms with Crippen molar-refractivity contribution in [2.45, 2.75) is 6.92 Å². The number of aryl methyl sites for hydroxylation is 1. The third kappa shape index (κ3) is 3.74. The maximum absolute atomic E-state index is 13.1. The van der Waals surface area contributed by atoms with Gasteiger partial charge in [-0.1, -0.05) is 24.3 Å². The van der Waals surface area contributed by atoms with E-state index in [0.29, 0.717) is 33.4 Å². The van der Waals surface area contributed by atoms with Gasteiger partial charge in [-0.2, -0.15) is 0 Å². The Morgan fingerprint density at radius 3 is 2.61 bits per heavy atom. The molecule has 1 aliphatic heterocycles. The van der Waals surface area contributed by atoms with Crippen molar-refractivity contribution in [1.82, 2.24) is 0 Å². The number of carbonyl (C=O) groups excluding carboxylic acids is 2. The minimum absolute atomic E-state index is 0.0153. The van der Waals surface area contributed by atoms with Gasteiger partial charge < -0.3 is 18.6 Å². The molecule has 0 atom stereocenters. The van der Waals surface area contributed by atoms with Crippen molar-refractivity contribution in [2.75, 3.05) is 7.11 Å². The Morgan fingerprint density at radius 1 is 1.06 bits per heavy atom. The van der Waals surface area contributed by atoms with Crippen LogP contribution < -0.4 is 14.2 Å². The van der Waals surface area contributed by atoms with Crippen LogP contribution in [0.5, 0.6) is 17.2 Å². The van der Waals surface area contributed by atoms with Gasteiger partial charge in [0.2, 0.25) is 11.5 Å². The van der Waals surface area contributed by atoms with Crippen molar-refractivity contribution >= 4 is 28.8 Å². The molecule has 7 heteroatoms. The Morgan fingerprint density at radius 2 is 1.85 bits per heavy atom. The highest BCUT2D eigenvalue weighted by Gasteiger charge is 2.30. The molecular weight excluding hydrogens is 427 g/mol. The number of allylic oxidation sites excluding steroid dienone is 1. The van der Waals surface area contributed by atoms with Crippen molar-refractivity contribution in [1.29, 1.82) is 0 Å². The summed E-state index contributed by atoms with van der Waals surface area (Å²) in [6.07, 6.45) is 1.54. The quantitative estimate of drug-likeness (QED) is 0.228. The van der Waals surface area contributed by atoms with Gasteiger partial charge in [-0.3, -0.25) is 4.79 Å². The second-order valence-electron chi connectivity index (χ2n) is 7.48. The number of hydrogen-bond donors (Lipinski definition) is 0. The van der Waals surface area contributed by atoms with Gasteiger partial charge >= 0.3 is 5.97 Å². The van der Waals surface area contributed by atoms with Crippen LogP contribution >= 0.6 is 0 Å². The van der Waals surface area contributed by atoms with E-state index >= 15 is 0 Å². The molecule has 5 rings (SSSR count). The first-order valence-electron chi connectivity index (χ1n) is 10.1. The molecule has 0 unspecified atom stereocenters. The molecule has 0 saturated heterocycles. The molecule has 0 amide bonds. The molecule has 164 valence electrons. The Bertz CT molecular complexity index is 1450. The molecule has 33 heavy (non-hydrogen) atoms. The van der Waals surface area contributed by atoms with Crippen molar-refractivity contribution in [2.24, 2.45) is 0 Å². The molecule has 0 radical (unpaired) electrons. The van der Waals surface area contributed by atoms with Crippen molar-refractivity contribution in [3.05, 3.63) is 94.7 Å². The van der Waals surface area contributed by atoms with E-state index in [1.54, 1.807) is 49.4 Å². The number of methoxy groups -OCH3 is 1. The molecular formula is C26H17FO6. The van der Waals surface area contributed by atoms with Crippen molar-refractivity contribution in [3.8, 4) is 17.2 Å². The fraction of sp³-hybridized carbons (Fsp3) is 0.0769. The van der Waals surface area contributed by atoms with Crippen LogP contribution in [0, 0.1) is 12.7 Å². The standard InChI is InChI=1S/C26H17FO6/c1-14-10-18(31-26(29)22-12-16-4-3-5-19(30-2)25(16)33-22)13-20-23(14)24(28)21(32-20)11-15-6-8-17(27)9-7-15/h3-13H,1-2H3/b21-11-. The summed E-state index contributed by atoms with van der Waals surface area (Å²) < 4.78 is 35.2. The number of para-hydroxylation sites is 1. The third-order valence-electron chi connectivity index (χ3n) is 5.25. The van der Waals surface area contributed by atoms with Crippen LogP contribution in [-0.4, -0.2) is 18.9 Å². The smallest absolute Gasteiger partial charge is 0.379 e. The lowest BCUT2D eigenvalue weighted by atomic mass is 10.0. The first-order valence-corrected chi connectivity index (χ1v) is 10.1. The highest BCUT2D eigenvalue weighted by atomic mass is 19.1. The number of ketones is 1. The maximum Gasteiger partial charge on any atom is 0.379 e. The van der Waals surface area contributed by atoms with Crippen molar-refractivity contribution < 1.29 is 32.6 Å². The van der Waals surface area contributed by atoms with Crippen LogP contribution in [0.25, 0.3) is 17.0 Å². The zero-order valence-electron chi connectivity index (χ0n) is 17.7. The monoisotopic (exact) mass is 444 g/mol. The Balaban J connectivity index is 1.41. The molecule has 0 saturated carbocycles. The van der Waals surface area contributed by atoms with Crippen LogP contribution in [0.2, 0.25) is 0 Å². The zero-order chi connectivity index (χ0) is 23.1. The topological polar surface area (TPSA) is 75.0 Å². The predicted octanol–water partition coefficient (Wildman–Crippen LogP) is 5.72. The molecule has 0 bridgehead atoms. The van der Waals surface area contributed by atoms with E-state index < -0.39 is 5.97 Å². The summed E-state index contributed by atoms with van der Waals surface area (Å²) in [6.45, 7) is 1.73. The number of carbonyl (C=O) groups is 2. The summed E-state index contributed by atoms with van der Waals surface area (Å²) in [4.78, 5) is 25.5. The summed E-state index contributed by atoms with van der Waals surface area (Å²) in [5.41, 5.74) is 2.05. The summed E-state index contributed by atoms with van der Waals surface area (Å²) in [5, 5.41) is 0.705. The fourth-order valence-corrected chi connectivity index (χ4v) is 3.70. The van der Waals surface area contributed by atoms with Gasteiger partial charge in [-0.05, 0) is 54.5 Å². The number of halogens is 1. The third-order valence-corrected chi connectivity index (χ3v) is 5.25. The number of ether oxygens (including phenoxy) is 3. The van der Waals surface area contributed by atoms with Crippen LogP contribution in [0.4, 0.5) is 4.39 Å². The normalized spacial score (nSPS) is 13.8. The number of hydrogen-bond acceptors (Lipinski definition) is 6. The van der Waals surface area contributed by atoms with E-state index in [1.807, 2.05) is 0 Å². The van der Waals surface area contributed by atoms with Gasteiger partial charge in [-0.25, -0.2) is 9.18 Å². The average molecular weight is 444 g/mol. The van der Waals surface area contributed by atoms with Gasteiger partial charge in [0.15, 0.2) is 17.1 Å². The van der Waals surface area contributed by atoms with E-state index in [2.05, 4.69) is 0 Å². The first kappa shape index (κ1) is 20.5. The number of fused-ring (bicyclic) bond motifs is 2. The molecule has 6 nitrogen and oxygen atoms in total. The molecule has 1 aromatic heterocycles. The lowest BCUT2D eigenvalue weighted by Crippen LogP contribution is -2.07. The number of furan rings is 1. The predicted molar refractivity (Wildman–Crippen MR) is 118 cm³/mol. The second kappa shape index (κ2) is 7.94. The second-order valence-corrected chi connectivity index (χ2v) is 7.48. The van der Waals surface area contributed by atoms with E-state index in [-0.39, 0.29) is 34.6 Å². The molecule has 0 N–H and O–H groups in total. The van der Waals surface area contributed by atoms with Crippen LogP contribution in [0.1, 0.15) is 32.0 Å². The molecule has 1 aliphatic rings. The summed E-state index contributed by atoms with van der Waals surface area (Å²) >= 11 is 0. The lowest BCUT2D eigenvalue weighted by Gasteiger charge is -2.06. The minimum Gasteiger partial charge on any atom is -0.493 e. The van der Waals surface area contributed by atoms with Crippen LogP contribution in [0.15, 0.2) is 70.8 Å². The molecule has 2 heterocycles.